The first-order chi connectivity index (χ1) is 10.2. The van der Waals surface area contributed by atoms with Crippen molar-refractivity contribution in [1.82, 2.24) is 5.32 Å². The van der Waals surface area contributed by atoms with Gasteiger partial charge in [-0.1, -0.05) is 28.9 Å². The van der Waals surface area contributed by atoms with Crippen molar-refractivity contribution in [3.05, 3.63) is 34.1 Å². The van der Waals surface area contributed by atoms with Gasteiger partial charge in [0.15, 0.2) is 0 Å². The third-order valence-electron chi connectivity index (χ3n) is 4.78. The maximum atomic E-state index is 14.1. The lowest BCUT2D eigenvalue weighted by Crippen LogP contribution is -2.42. The molecule has 1 N–H and O–H groups in total. The molecular weight excluding hydrogens is 333 g/mol. The molecule has 0 radical (unpaired) electrons. The standard InChI is InChI=1S/C17H23BrFNO/c1-2-7-20-16(14-10-13-5-6-17(14)21-13)8-11-3-4-12(18)9-15(11)19/h3-4,9,13-14,16-17,20H,2,5-8,10H2,1H3. The molecule has 4 heteroatoms. The molecule has 2 nitrogen and oxygen atoms in total. The minimum atomic E-state index is -0.114. The summed E-state index contributed by atoms with van der Waals surface area (Å²) in [5, 5.41) is 3.63. The fourth-order valence-corrected chi connectivity index (χ4v) is 4.06. The van der Waals surface area contributed by atoms with Crippen molar-refractivity contribution in [1.29, 1.82) is 0 Å². The van der Waals surface area contributed by atoms with Crippen molar-refractivity contribution in [3.8, 4) is 0 Å². The van der Waals surface area contributed by atoms with E-state index < -0.39 is 0 Å². The quantitative estimate of drug-likeness (QED) is 0.830. The van der Waals surface area contributed by atoms with E-state index in [1.54, 1.807) is 6.07 Å². The lowest BCUT2D eigenvalue weighted by atomic mass is 9.81. The molecule has 116 valence electrons. The van der Waals surface area contributed by atoms with E-state index in [-0.39, 0.29) is 5.82 Å². The predicted molar refractivity (Wildman–Crippen MR) is 85.9 cm³/mol. The highest BCUT2D eigenvalue weighted by Gasteiger charge is 2.44. The maximum Gasteiger partial charge on any atom is 0.127 e. The Kier molecular flexibility index (Phi) is 4.97. The van der Waals surface area contributed by atoms with Gasteiger partial charge in [0.2, 0.25) is 0 Å². The van der Waals surface area contributed by atoms with Crippen LogP contribution in [0, 0.1) is 11.7 Å². The Morgan fingerprint density at radius 3 is 2.90 bits per heavy atom. The van der Waals surface area contributed by atoms with Gasteiger partial charge in [-0.05, 0) is 56.3 Å². The first-order valence-electron chi connectivity index (χ1n) is 8.00. The number of rotatable bonds is 6. The van der Waals surface area contributed by atoms with Crippen LogP contribution in [-0.4, -0.2) is 24.8 Å². The van der Waals surface area contributed by atoms with Crippen LogP contribution in [0.15, 0.2) is 22.7 Å². The van der Waals surface area contributed by atoms with E-state index in [0.29, 0.717) is 24.2 Å². The summed E-state index contributed by atoms with van der Waals surface area (Å²) in [7, 11) is 0. The Hall–Kier alpha value is -0.450. The minimum Gasteiger partial charge on any atom is -0.375 e. The van der Waals surface area contributed by atoms with E-state index >= 15 is 0 Å². The van der Waals surface area contributed by atoms with Crippen molar-refractivity contribution in [2.75, 3.05) is 6.54 Å². The van der Waals surface area contributed by atoms with E-state index in [2.05, 4.69) is 28.2 Å². The molecule has 1 aromatic rings. The highest BCUT2D eigenvalue weighted by atomic mass is 79.9. The zero-order chi connectivity index (χ0) is 14.8. The molecule has 21 heavy (non-hydrogen) atoms. The second-order valence-corrected chi connectivity index (χ2v) is 7.19. The normalized spacial score (nSPS) is 29.0. The van der Waals surface area contributed by atoms with Crippen LogP contribution in [0.2, 0.25) is 0 Å². The molecular formula is C17H23BrFNO. The Balaban J connectivity index is 1.73. The average molecular weight is 356 g/mol. The molecule has 0 aliphatic carbocycles. The fourth-order valence-electron chi connectivity index (χ4n) is 3.73. The highest BCUT2D eigenvalue weighted by molar-refractivity contribution is 9.10. The van der Waals surface area contributed by atoms with Gasteiger partial charge >= 0.3 is 0 Å². The van der Waals surface area contributed by atoms with Crippen LogP contribution >= 0.6 is 15.9 Å². The van der Waals surface area contributed by atoms with E-state index in [0.717, 1.165) is 35.8 Å². The molecule has 2 fully saturated rings. The highest BCUT2D eigenvalue weighted by Crippen LogP contribution is 2.41. The first kappa shape index (κ1) is 15.4. The summed E-state index contributed by atoms with van der Waals surface area (Å²) < 4.78 is 20.9. The summed E-state index contributed by atoms with van der Waals surface area (Å²) in [6.45, 7) is 3.15. The van der Waals surface area contributed by atoms with Gasteiger partial charge in [0, 0.05) is 16.4 Å². The number of ether oxygens (including phenoxy) is 1. The van der Waals surface area contributed by atoms with Crippen LogP contribution in [0.25, 0.3) is 0 Å². The number of hydrogen-bond donors (Lipinski definition) is 1. The van der Waals surface area contributed by atoms with E-state index in [4.69, 9.17) is 4.74 Å². The number of benzene rings is 1. The fraction of sp³-hybridized carbons (Fsp3) is 0.647. The minimum absolute atomic E-state index is 0.114. The predicted octanol–water partition coefficient (Wildman–Crippen LogP) is 4.07. The summed E-state index contributed by atoms with van der Waals surface area (Å²) in [6.07, 6.45) is 6.17. The van der Waals surface area contributed by atoms with Gasteiger partial charge in [0.05, 0.1) is 12.2 Å². The van der Waals surface area contributed by atoms with Crippen molar-refractivity contribution in [3.63, 3.8) is 0 Å². The summed E-state index contributed by atoms with van der Waals surface area (Å²) in [6, 6.07) is 5.69. The van der Waals surface area contributed by atoms with Gasteiger partial charge in [-0.25, -0.2) is 4.39 Å². The maximum absolute atomic E-state index is 14.1. The molecule has 4 unspecified atom stereocenters. The van der Waals surface area contributed by atoms with Gasteiger partial charge in [0.1, 0.15) is 5.82 Å². The molecule has 2 bridgehead atoms. The molecule has 2 aliphatic heterocycles. The van der Waals surface area contributed by atoms with Crippen molar-refractivity contribution < 1.29 is 9.13 Å². The van der Waals surface area contributed by atoms with Crippen molar-refractivity contribution in [2.45, 2.75) is 57.3 Å². The summed E-state index contributed by atoms with van der Waals surface area (Å²) in [4.78, 5) is 0. The first-order valence-corrected chi connectivity index (χ1v) is 8.79. The largest absolute Gasteiger partial charge is 0.375 e. The Morgan fingerprint density at radius 2 is 2.29 bits per heavy atom. The SMILES string of the molecule is CCCNC(Cc1ccc(Br)cc1F)C1CC2CCC1O2. The molecule has 0 saturated carbocycles. The van der Waals surface area contributed by atoms with Gasteiger partial charge < -0.3 is 10.1 Å². The van der Waals surface area contributed by atoms with Crippen LogP contribution in [0.3, 0.4) is 0 Å². The summed E-state index contributed by atoms with van der Waals surface area (Å²) in [5.74, 6) is 0.412. The smallest absolute Gasteiger partial charge is 0.127 e. The molecule has 2 saturated heterocycles. The number of fused-ring (bicyclic) bond motifs is 2. The van der Waals surface area contributed by atoms with Crippen LogP contribution in [0.1, 0.15) is 38.2 Å². The molecule has 2 heterocycles. The lowest BCUT2D eigenvalue weighted by Gasteiger charge is -2.29. The van der Waals surface area contributed by atoms with Crippen LogP contribution in [-0.2, 0) is 11.2 Å². The monoisotopic (exact) mass is 355 g/mol. The van der Waals surface area contributed by atoms with Gasteiger partial charge in [-0.2, -0.15) is 0 Å². The molecule has 1 aromatic carbocycles. The topological polar surface area (TPSA) is 21.3 Å². The van der Waals surface area contributed by atoms with Crippen LogP contribution in [0.5, 0.6) is 0 Å². The molecule has 3 rings (SSSR count). The zero-order valence-corrected chi connectivity index (χ0v) is 14.0. The molecule has 4 atom stereocenters. The third kappa shape index (κ3) is 3.49. The van der Waals surface area contributed by atoms with Gasteiger partial charge in [0.25, 0.3) is 0 Å². The summed E-state index contributed by atoms with van der Waals surface area (Å²) in [5.41, 5.74) is 0.801. The van der Waals surface area contributed by atoms with Crippen LogP contribution in [0.4, 0.5) is 4.39 Å². The zero-order valence-electron chi connectivity index (χ0n) is 12.4. The van der Waals surface area contributed by atoms with E-state index in [1.807, 2.05) is 12.1 Å². The van der Waals surface area contributed by atoms with Crippen molar-refractivity contribution in [2.24, 2.45) is 5.92 Å². The Bertz CT molecular complexity index is 496. The lowest BCUT2D eigenvalue weighted by molar-refractivity contribution is 0.0856. The number of nitrogens with one attached hydrogen (secondary N) is 1. The molecule has 0 amide bonds. The van der Waals surface area contributed by atoms with Gasteiger partial charge in [-0.15, -0.1) is 0 Å². The van der Waals surface area contributed by atoms with E-state index in [1.165, 1.54) is 12.8 Å². The summed E-state index contributed by atoms with van der Waals surface area (Å²) >= 11 is 3.32. The Labute approximate surface area is 134 Å². The number of hydrogen-bond acceptors (Lipinski definition) is 2. The van der Waals surface area contributed by atoms with Crippen molar-refractivity contribution >= 4 is 15.9 Å². The molecule has 0 aromatic heterocycles. The van der Waals surface area contributed by atoms with Gasteiger partial charge in [-0.3, -0.25) is 0 Å². The molecule has 0 spiro atoms. The third-order valence-corrected chi connectivity index (χ3v) is 5.27. The van der Waals surface area contributed by atoms with E-state index in [9.17, 15) is 4.39 Å². The second kappa shape index (κ2) is 6.76. The number of halogens is 2. The van der Waals surface area contributed by atoms with Crippen LogP contribution < -0.4 is 5.32 Å². The molecule has 2 aliphatic rings. The average Bonchev–Trinajstić information content (AvgIpc) is 3.08. The Morgan fingerprint density at radius 1 is 1.43 bits per heavy atom. The second-order valence-electron chi connectivity index (χ2n) is 6.27.